The van der Waals surface area contributed by atoms with Gasteiger partial charge in [-0.1, -0.05) is 23.2 Å². The highest BCUT2D eigenvalue weighted by atomic mass is 35.5. The molecule has 4 rings (SSSR count). The Morgan fingerprint density at radius 1 is 1.33 bits per heavy atom. The van der Waals surface area contributed by atoms with E-state index in [9.17, 15) is 9.59 Å². The van der Waals surface area contributed by atoms with E-state index >= 15 is 0 Å². The Balaban J connectivity index is 1.55. The fourth-order valence-electron chi connectivity index (χ4n) is 3.24. The van der Waals surface area contributed by atoms with Crippen molar-refractivity contribution in [3.05, 3.63) is 57.8 Å². The molecule has 0 spiro atoms. The van der Waals surface area contributed by atoms with Gasteiger partial charge in [0.15, 0.2) is 0 Å². The van der Waals surface area contributed by atoms with Crippen LogP contribution in [0, 0.1) is 0 Å². The number of cyclic esters (lactones) is 1. The summed E-state index contributed by atoms with van der Waals surface area (Å²) >= 11 is 12.3. The zero-order valence-electron chi connectivity index (χ0n) is 15.9. The minimum atomic E-state index is -0.513. The van der Waals surface area contributed by atoms with Crippen molar-refractivity contribution in [1.29, 1.82) is 0 Å². The van der Waals surface area contributed by atoms with Crippen molar-refractivity contribution in [3.63, 3.8) is 0 Å². The van der Waals surface area contributed by atoms with Gasteiger partial charge in [0.05, 0.1) is 34.9 Å². The first-order valence-electron chi connectivity index (χ1n) is 9.15. The fraction of sp³-hybridized carbons (Fsp3) is 0.250. The third-order valence-corrected chi connectivity index (χ3v) is 5.23. The van der Waals surface area contributed by atoms with Gasteiger partial charge in [0, 0.05) is 17.7 Å². The summed E-state index contributed by atoms with van der Waals surface area (Å²) in [6.45, 7) is 0.930. The lowest BCUT2D eigenvalue weighted by Gasteiger charge is -2.17. The lowest BCUT2D eigenvalue weighted by molar-refractivity contribution is 0.0892. The summed E-state index contributed by atoms with van der Waals surface area (Å²) in [5, 5.41) is 3.76. The van der Waals surface area contributed by atoms with Crippen LogP contribution in [0.25, 0.3) is 11.0 Å². The maximum absolute atomic E-state index is 12.8. The van der Waals surface area contributed by atoms with E-state index in [1.807, 2.05) is 0 Å². The number of H-pyrrole nitrogens is 1. The van der Waals surface area contributed by atoms with Gasteiger partial charge < -0.3 is 19.8 Å². The highest BCUT2D eigenvalue weighted by Crippen LogP contribution is 2.29. The average Bonchev–Trinajstić information content (AvgIpc) is 3.33. The van der Waals surface area contributed by atoms with Crippen LogP contribution in [0.15, 0.2) is 36.4 Å². The molecule has 2 amide bonds. The predicted octanol–water partition coefficient (Wildman–Crippen LogP) is 3.94. The number of carbonyl (C=O) groups is 2. The number of hydrogen-bond acceptors (Lipinski definition) is 5. The van der Waals surface area contributed by atoms with Crippen molar-refractivity contribution < 1.29 is 19.1 Å². The van der Waals surface area contributed by atoms with E-state index < -0.39 is 12.1 Å². The molecule has 10 heteroatoms. The number of anilines is 1. The number of nitrogens with one attached hydrogen (secondary N) is 2. The van der Waals surface area contributed by atoms with Gasteiger partial charge in [0.1, 0.15) is 18.5 Å². The van der Waals surface area contributed by atoms with Crippen molar-refractivity contribution in [3.8, 4) is 0 Å². The SMILES string of the molecule is COC[C@H](NC(=O)c1ccc(N2CCOC2=O)c(Cl)c1)c1nc2ccc(Cl)cc2[nH]1. The van der Waals surface area contributed by atoms with Crippen LogP contribution < -0.4 is 10.2 Å². The van der Waals surface area contributed by atoms with E-state index in [2.05, 4.69) is 15.3 Å². The van der Waals surface area contributed by atoms with Crippen molar-refractivity contribution >= 4 is 51.9 Å². The van der Waals surface area contributed by atoms with Crippen LogP contribution in [0.1, 0.15) is 22.2 Å². The smallest absolute Gasteiger partial charge is 0.414 e. The number of aromatic amines is 1. The number of fused-ring (bicyclic) bond motifs is 1. The monoisotopic (exact) mass is 448 g/mol. The summed E-state index contributed by atoms with van der Waals surface area (Å²) in [5.41, 5.74) is 2.34. The maximum atomic E-state index is 12.8. The molecule has 1 atom stereocenters. The molecule has 0 bridgehead atoms. The van der Waals surface area contributed by atoms with E-state index in [0.717, 1.165) is 11.0 Å². The number of benzene rings is 2. The van der Waals surface area contributed by atoms with Gasteiger partial charge in [0.25, 0.3) is 5.91 Å². The van der Waals surface area contributed by atoms with Crippen molar-refractivity contribution in [1.82, 2.24) is 15.3 Å². The van der Waals surface area contributed by atoms with Gasteiger partial charge in [-0.2, -0.15) is 0 Å². The largest absolute Gasteiger partial charge is 0.447 e. The molecule has 0 radical (unpaired) electrons. The fourth-order valence-corrected chi connectivity index (χ4v) is 3.70. The third-order valence-electron chi connectivity index (χ3n) is 4.69. The number of methoxy groups -OCH3 is 1. The second-order valence-electron chi connectivity index (χ2n) is 6.70. The Morgan fingerprint density at radius 2 is 2.17 bits per heavy atom. The third kappa shape index (κ3) is 4.07. The Labute approximate surface area is 182 Å². The van der Waals surface area contributed by atoms with Gasteiger partial charge >= 0.3 is 6.09 Å². The molecule has 0 aliphatic carbocycles. The number of halogens is 2. The summed E-state index contributed by atoms with van der Waals surface area (Å²) < 4.78 is 10.2. The van der Waals surface area contributed by atoms with Crippen LogP contribution in [0.2, 0.25) is 10.0 Å². The van der Waals surface area contributed by atoms with Crippen molar-refractivity contribution in [2.45, 2.75) is 6.04 Å². The molecule has 156 valence electrons. The van der Waals surface area contributed by atoms with Crippen LogP contribution in [0.4, 0.5) is 10.5 Å². The number of aromatic nitrogens is 2. The second kappa shape index (κ2) is 8.51. The van der Waals surface area contributed by atoms with Gasteiger partial charge in [-0.3, -0.25) is 9.69 Å². The van der Waals surface area contributed by atoms with E-state index in [1.165, 1.54) is 11.0 Å². The summed E-state index contributed by atoms with van der Waals surface area (Å²) in [6.07, 6.45) is -0.459. The molecule has 3 aromatic rings. The van der Waals surface area contributed by atoms with Gasteiger partial charge in [-0.05, 0) is 36.4 Å². The highest BCUT2D eigenvalue weighted by Gasteiger charge is 2.26. The van der Waals surface area contributed by atoms with Crippen molar-refractivity contribution in [2.24, 2.45) is 0 Å². The maximum Gasteiger partial charge on any atom is 0.414 e. The first-order valence-corrected chi connectivity index (χ1v) is 9.90. The highest BCUT2D eigenvalue weighted by molar-refractivity contribution is 6.34. The minimum absolute atomic E-state index is 0.213. The molecule has 2 aromatic carbocycles. The molecule has 2 N–H and O–H groups in total. The summed E-state index contributed by atoms with van der Waals surface area (Å²) in [6, 6.07) is 9.54. The summed E-state index contributed by atoms with van der Waals surface area (Å²) in [7, 11) is 1.54. The molecule has 1 fully saturated rings. The number of rotatable bonds is 6. The molecule has 2 heterocycles. The number of ether oxygens (including phenoxy) is 2. The van der Waals surface area contributed by atoms with Crippen LogP contribution >= 0.6 is 23.2 Å². The number of hydrogen-bond donors (Lipinski definition) is 2. The summed E-state index contributed by atoms with van der Waals surface area (Å²) in [4.78, 5) is 33.7. The normalized spacial score (nSPS) is 14.8. The standard InChI is InChI=1S/C20H18Cl2N4O4/c1-29-10-16(18-23-14-4-3-12(21)9-15(14)24-18)25-19(27)11-2-5-17(13(22)8-11)26-6-7-30-20(26)28/h2-5,8-9,16H,6-7,10H2,1H3,(H,23,24)(H,25,27)/t16-/m0/s1. The van der Waals surface area contributed by atoms with Crippen LogP contribution in [0.3, 0.4) is 0 Å². The quantitative estimate of drug-likeness (QED) is 0.594. The minimum Gasteiger partial charge on any atom is -0.447 e. The zero-order valence-corrected chi connectivity index (χ0v) is 17.5. The molecule has 1 aliphatic rings. The predicted molar refractivity (Wildman–Crippen MR) is 113 cm³/mol. The van der Waals surface area contributed by atoms with Gasteiger partial charge in [-0.15, -0.1) is 0 Å². The summed E-state index contributed by atoms with van der Waals surface area (Å²) in [5.74, 6) is 0.193. The van der Waals surface area contributed by atoms with E-state index in [-0.39, 0.29) is 17.5 Å². The molecule has 1 aromatic heterocycles. The molecule has 1 aliphatic heterocycles. The first-order chi connectivity index (χ1) is 14.5. The molecular formula is C20H18Cl2N4O4. The van der Waals surface area contributed by atoms with Crippen molar-refractivity contribution in [2.75, 3.05) is 31.8 Å². The van der Waals surface area contributed by atoms with Crippen LogP contribution in [0.5, 0.6) is 0 Å². The first kappa shape index (κ1) is 20.5. The lowest BCUT2D eigenvalue weighted by Crippen LogP contribution is -2.32. The molecule has 30 heavy (non-hydrogen) atoms. The molecule has 0 unspecified atom stereocenters. The number of nitrogens with zero attached hydrogens (tertiary/aromatic N) is 2. The topological polar surface area (TPSA) is 96.6 Å². The number of carbonyl (C=O) groups excluding carboxylic acids is 2. The number of imidazole rings is 1. The van der Waals surface area contributed by atoms with E-state index in [0.29, 0.717) is 35.2 Å². The van der Waals surface area contributed by atoms with Gasteiger partial charge in [-0.25, -0.2) is 9.78 Å². The van der Waals surface area contributed by atoms with Crippen LogP contribution in [-0.2, 0) is 9.47 Å². The zero-order chi connectivity index (χ0) is 21.3. The molecular weight excluding hydrogens is 431 g/mol. The molecule has 0 saturated carbocycles. The van der Waals surface area contributed by atoms with E-state index in [4.69, 9.17) is 32.7 Å². The Kier molecular flexibility index (Phi) is 5.80. The Morgan fingerprint density at radius 3 is 2.87 bits per heavy atom. The Hall–Kier alpha value is -2.81. The molecule has 1 saturated heterocycles. The molecule has 8 nitrogen and oxygen atoms in total. The van der Waals surface area contributed by atoms with Gasteiger partial charge in [0.2, 0.25) is 0 Å². The van der Waals surface area contributed by atoms with Crippen LogP contribution in [-0.4, -0.2) is 48.8 Å². The Bertz CT molecular complexity index is 1120. The second-order valence-corrected chi connectivity index (χ2v) is 7.54. The average molecular weight is 449 g/mol. The number of amides is 2. The lowest BCUT2D eigenvalue weighted by atomic mass is 10.1. The van der Waals surface area contributed by atoms with E-state index in [1.54, 1.807) is 37.4 Å².